The van der Waals surface area contributed by atoms with Crippen LogP contribution in [0.3, 0.4) is 0 Å². The Labute approximate surface area is 123 Å². The Balaban J connectivity index is 1.69. The number of nitrogens with zero attached hydrogens (tertiary/aromatic N) is 2. The van der Waals surface area contributed by atoms with E-state index in [9.17, 15) is 8.42 Å². The van der Waals surface area contributed by atoms with Crippen molar-refractivity contribution in [1.29, 1.82) is 0 Å². The van der Waals surface area contributed by atoms with E-state index in [4.69, 9.17) is 0 Å². The second-order valence-electron chi connectivity index (χ2n) is 6.22. The minimum atomic E-state index is -3.00. The van der Waals surface area contributed by atoms with E-state index in [1.807, 2.05) is 0 Å². The van der Waals surface area contributed by atoms with Crippen molar-refractivity contribution in [1.82, 2.24) is 14.5 Å². The lowest BCUT2D eigenvalue weighted by atomic mass is 10.00. The van der Waals surface area contributed by atoms with Gasteiger partial charge in [0.05, 0.1) is 6.26 Å². The van der Waals surface area contributed by atoms with Gasteiger partial charge in [0.15, 0.2) is 0 Å². The number of likely N-dealkylation sites (tertiary alicyclic amines) is 1. The summed E-state index contributed by atoms with van der Waals surface area (Å²) in [5.74, 6) is 0. The SMILES string of the molecule is CCCN1CCC(NC2CCN(S(C)(=O)=O)CC2)CC1. The van der Waals surface area contributed by atoms with Crippen molar-refractivity contribution < 1.29 is 8.42 Å². The highest BCUT2D eigenvalue weighted by Gasteiger charge is 2.27. The predicted molar refractivity (Wildman–Crippen MR) is 82.3 cm³/mol. The Hall–Kier alpha value is -0.170. The van der Waals surface area contributed by atoms with Crippen LogP contribution in [0.15, 0.2) is 0 Å². The zero-order valence-corrected chi connectivity index (χ0v) is 13.7. The molecule has 0 spiro atoms. The highest BCUT2D eigenvalue weighted by Crippen LogP contribution is 2.17. The van der Waals surface area contributed by atoms with Gasteiger partial charge in [0, 0.05) is 25.2 Å². The van der Waals surface area contributed by atoms with Gasteiger partial charge in [-0.1, -0.05) is 6.92 Å². The molecule has 5 nitrogen and oxygen atoms in total. The van der Waals surface area contributed by atoms with Gasteiger partial charge in [-0.3, -0.25) is 0 Å². The highest BCUT2D eigenvalue weighted by molar-refractivity contribution is 7.88. The van der Waals surface area contributed by atoms with Gasteiger partial charge >= 0.3 is 0 Å². The largest absolute Gasteiger partial charge is 0.311 e. The van der Waals surface area contributed by atoms with Gasteiger partial charge in [0.1, 0.15) is 0 Å². The molecule has 2 saturated heterocycles. The van der Waals surface area contributed by atoms with Gasteiger partial charge < -0.3 is 10.2 Å². The fourth-order valence-electron chi connectivity index (χ4n) is 3.33. The number of rotatable bonds is 5. The van der Waals surface area contributed by atoms with E-state index in [1.165, 1.54) is 45.2 Å². The second kappa shape index (κ2) is 7.20. The fraction of sp³-hybridized carbons (Fsp3) is 1.00. The van der Waals surface area contributed by atoms with E-state index < -0.39 is 10.0 Å². The van der Waals surface area contributed by atoms with E-state index in [1.54, 1.807) is 4.31 Å². The quantitative estimate of drug-likeness (QED) is 0.819. The first-order valence-corrected chi connectivity index (χ1v) is 9.77. The van der Waals surface area contributed by atoms with Crippen molar-refractivity contribution >= 4 is 10.0 Å². The van der Waals surface area contributed by atoms with Gasteiger partial charge in [0.2, 0.25) is 10.0 Å². The van der Waals surface area contributed by atoms with Crippen LogP contribution in [-0.2, 0) is 10.0 Å². The molecule has 0 radical (unpaired) electrons. The monoisotopic (exact) mass is 303 g/mol. The maximum atomic E-state index is 11.5. The molecule has 2 fully saturated rings. The average molecular weight is 303 g/mol. The van der Waals surface area contributed by atoms with Crippen LogP contribution >= 0.6 is 0 Å². The molecular formula is C14H29N3O2S. The molecule has 0 atom stereocenters. The van der Waals surface area contributed by atoms with Crippen LogP contribution < -0.4 is 5.32 Å². The molecule has 6 heteroatoms. The minimum absolute atomic E-state index is 0.496. The summed E-state index contributed by atoms with van der Waals surface area (Å²) in [6.07, 6.45) is 6.90. The Bertz CT molecular complexity index is 383. The van der Waals surface area contributed by atoms with Crippen molar-refractivity contribution in [3.8, 4) is 0 Å². The van der Waals surface area contributed by atoms with E-state index in [-0.39, 0.29) is 0 Å². The maximum Gasteiger partial charge on any atom is 0.211 e. The summed E-state index contributed by atoms with van der Waals surface area (Å²) >= 11 is 0. The summed E-state index contributed by atoms with van der Waals surface area (Å²) in [6, 6.07) is 1.12. The first-order chi connectivity index (χ1) is 9.49. The summed E-state index contributed by atoms with van der Waals surface area (Å²) in [5, 5.41) is 3.74. The van der Waals surface area contributed by atoms with Crippen molar-refractivity contribution in [3.63, 3.8) is 0 Å². The first kappa shape index (κ1) is 16.2. The van der Waals surface area contributed by atoms with Crippen LogP contribution in [0.5, 0.6) is 0 Å². The molecule has 2 aliphatic rings. The molecule has 0 aliphatic carbocycles. The molecule has 2 aliphatic heterocycles. The van der Waals surface area contributed by atoms with Crippen LogP contribution in [0, 0.1) is 0 Å². The lowest BCUT2D eigenvalue weighted by Crippen LogP contribution is -2.50. The van der Waals surface area contributed by atoms with Crippen LogP contribution in [0.4, 0.5) is 0 Å². The summed E-state index contributed by atoms with van der Waals surface area (Å²) in [4.78, 5) is 2.55. The fourth-order valence-corrected chi connectivity index (χ4v) is 4.20. The summed E-state index contributed by atoms with van der Waals surface area (Å²) in [6.45, 7) is 7.21. The maximum absolute atomic E-state index is 11.5. The topological polar surface area (TPSA) is 52.6 Å². The third-order valence-electron chi connectivity index (χ3n) is 4.52. The first-order valence-electron chi connectivity index (χ1n) is 7.92. The zero-order valence-electron chi connectivity index (χ0n) is 12.8. The lowest BCUT2D eigenvalue weighted by Gasteiger charge is -2.37. The normalized spacial score (nSPS) is 25.1. The summed E-state index contributed by atoms with van der Waals surface area (Å²) < 4.78 is 24.6. The van der Waals surface area contributed by atoms with Crippen molar-refractivity contribution in [3.05, 3.63) is 0 Å². The molecule has 0 bridgehead atoms. The lowest BCUT2D eigenvalue weighted by molar-refractivity contribution is 0.179. The second-order valence-corrected chi connectivity index (χ2v) is 8.20. The Morgan fingerprint density at radius 1 is 1.00 bits per heavy atom. The van der Waals surface area contributed by atoms with E-state index in [2.05, 4.69) is 17.1 Å². The molecule has 118 valence electrons. The Morgan fingerprint density at radius 2 is 1.50 bits per heavy atom. The van der Waals surface area contributed by atoms with Gasteiger partial charge in [-0.25, -0.2) is 12.7 Å². The molecule has 0 aromatic rings. The third-order valence-corrected chi connectivity index (χ3v) is 5.82. The minimum Gasteiger partial charge on any atom is -0.311 e. The summed E-state index contributed by atoms with van der Waals surface area (Å²) in [7, 11) is -3.00. The van der Waals surface area contributed by atoms with Gasteiger partial charge in [-0.05, 0) is 51.7 Å². The van der Waals surface area contributed by atoms with Gasteiger partial charge in [-0.2, -0.15) is 0 Å². The zero-order chi connectivity index (χ0) is 14.6. The summed E-state index contributed by atoms with van der Waals surface area (Å²) in [5.41, 5.74) is 0. The smallest absolute Gasteiger partial charge is 0.211 e. The van der Waals surface area contributed by atoms with Gasteiger partial charge in [0.25, 0.3) is 0 Å². The van der Waals surface area contributed by atoms with Crippen molar-refractivity contribution in [2.75, 3.05) is 39.0 Å². The third kappa shape index (κ3) is 4.69. The predicted octanol–water partition coefficient (Wildman–Crippen LogP) is 0.874. The number of sulfonamides is 1. The standard InChI is InChI=1S/C14H29N3O2S/c1-3-8-16-9-4-13(5-10-16)15-14-6-11-17(12-7-14)20(2,18)19/h13-15H,3-12H2,1-2H3. The van der Waals surface area contributed by atoms with Crippen LogP contribution in [0.25, 0.3) is 0 Å². The molecule has 0 amide bonds. The average Bonchev–Trinajstić information content (AvgIpc) is 2.41. The van der Waals surface area contributed by atoms with E-state index in [0.717, 1.165) is 12.8 Å². The molecular weight excluding hydrogens is 274 g/mol. The number of nitrogens with one attached hydrogen (secondary N) is 1. The van der Waals surface area contributed by atoms with E-state index in [0.29, 0.717) is 25.2 Å². The number of piperidine rings is 2. The number of hydrogen-bond donors (Lipinski definition) is 1. The molecule has 0 aromatic heterocycles. The molecule has 2 heterocycles. The van der Waals surface area contributed by atoms with Gasteiger partial charge in [-0.15, -0.1) is 0 Å². The van der Waals surface area contributed by atoms with Crippen LogP contribution in [0.1, 0.15) is 39.0 Å². The molecule has 20 heavy (non-hydrogen) atoms. The number of hydrogen-bond acceptors (Lipinski definition) is 4. The van der Waals surface area contributed by atoms with Crippen LogP contribution in [0.2, 0.25) is 0 Å². The molecule has 0 aromatic carbocycles. The van der Waals surface area contributed by atoms with Crippen molar-refractivity contribution in [2.45, 2.75) is 51.1 Å². The Morgan fingerprint density at radius 3 is 1.95 bits per heavy atom. The Kier molecular flexibility index (Phi) is 5.84. The van der Waals surface area contributed by atoms with E-state index >= 15 is 0 Å². The molecule has 0 unspecified atom stereocenters. The molecule has 2 rings (SSSR count). The van der Waals surface area contributed by atoms with Crippen molar-refractivity contribution in [2.24, 2.45) is 0 Å². The highest BCUT2D eigenvalue weighted by atomic mass is 32.2. The molecule has 0 saturated carbocycles. The van der Waals surface area contributed by atoms with Crippen LogP contribution in [-0.4, -0.2) is 68.7 Å². The molecule has 1 N–H and O–H groups in total.